The molecule has 0 saturated heterocycles. The summed E-state index contributed by atoms with van der Waals surface area (Å²) in [6.45, 7) is 4.73. The van der Waals surface area contributed by atoms with Crippen LogP contribution in [-0.2, 0) is 11.2 Å². The first-order valence-electron chi connectivity index (χ1n) is 6.89. The number of carbonyl (C=O) groups excluding carboxylic acids is 1. The largest absolute Gasteiger partial charge is 0.354 e. The van der Waals surface area contributed by atoms with Gasteiger partial charge in [0.05, 0.1) is 5.92 Å². The highest BCUT2D eigenvalue weighted by Gasteiger charge is 2.27. The van der Waals surface area contributed by atoms with Gasteiger partial charge >= 0.3 is 0 Å². The normalized spacial score (nSPS) is 16.6. The fraction of sp³-hybridized carbons (Fsp3) is 0.533. The topological polar surface area (TPSA) is 41.1 Å². The molecular formula is C15H23ClN2O. The first-order chi connectivity index (χ1) is 8.83. The summed E-state index contributed by atoms with van der Waals surface area (Å²) >= 11 is 0. The van der Waals surface area contributed by atoms with Gasteiger partial charge in [0.25, 0.3) is 0 Å². The van der Waals surface area contributed by atoms with Crippen LogP contribution in [0.1, 0.15) is 36.8 Å². The minimum atomic E-state index is 0. The van der Waals surface area contributed by atoms with Crippen molar-refractivity contribution in [3.63, 3.8) is 0 Å². The lowest BCUT2D eigenvalue weighted by atomic mass is 10.0. The number of hydrogen-bond acceptors (Lipinski definition) is 2. The fourth-order valence-corrected chi connectivity index (χ4v) is 2.53. The van der Waals surface area contributed by atoms with Crippen molar-refractivity contribution < 1.29 is 4.79 Å². The first kappa shape index (κ1) is 16.0. The highest BCUT2D eigenvalue weighted by Crippen LogP contribution is 2.32. The van der Waals surface area contributed by atoms with Crippen LogP contribution in [0.2, 0.25) is 0 Å². The third-order valence-electron chi connectivity index (χ3n) is 3.48. The monoisotopic (exact) mass is 282 g/mol. The molecule has 0 heterocycles. The van der Waals surface area contributed by atoms with E-state index in [1.807, 2.05) is 12.1 Å². The zero-order valence-electron chi connectivity index (χ0n) is 11.4. The van der Waals surface area contributed by atoms with E-state index in [4.69, 9.17) is 0 Å². The maximum Gasteiger partial charge on any atom is 0.227 e. The molecule has 106 valence electrons. The molecule has 0 fully saturated rings. The molecule has 0 aromatic heterocycles. The van der Waals surface area contributed by atoms with Crippen LogP contribution >= 0.6 is 12.4 Å². The lowest BCUT2D eigenvalue weighted by molar-refractivity contribution is -0.122. The van der Waals surface area contributed by atoms with Gasteiger partial charge in [0, 0.05) is 13.1 Å². The summed E-state index contributed by atoms with van der Waals surface area (Å²) in [6, 6.07) is 8.29. The van der Waals surface area contributed by atoms with Gasteiger partial charge in [-0.25, -0.2) is 0 Å². The minimum absolute atomic E-state index is 0. The number of carbonyl (C=O) groups is 1. The van der Waals surface area contributed by atoms with E-state index in [1.54, 1.807) is 0 Å². The molecule has 1 amide bonds. The average molecular weight is 283 g/mol. The molecular weight excluding hydrogens is 260 g/mol. The lowest BCUT2D eigenvalue weighted by Gasteiger charge is -2.12. The zero-order chi connectivity index (χ0) is 12.8. The molecule has 0 bridgehead atoms. The second-order valence-corrected chi connectivity index (χ2v) is 4.83. The molecule has 4 heteroatoms. The zero-order valence-corrected chi connectivity index (χ0v) is 12.3. The molecule has 0 saturated carbocycles. The predicted octanol–water partition coefficient (Wildman–Crippen LogP) is 2.25. The van der Waals surface area contributed by atoms with E-state index in [1.165, 1.54) is 11.1 Å². The van der Waals surface area contributed by atoms with Gasteiger partial charge in [-0.05, 0) is 36.9 Å². The van der Waals surface area contributed by atoms with Crippen molar-refractivity contribution in [1.29, 1.82) is 0 Å². The summed E-state index contributed by atoms with van der Waals surface area (Å²) in [6.07, 6.45) is 3.11. The quantitative estimate of drug-likeness (QED) is 0.786. The van der Waals surface area contributed by atoms with Gasteiger partial charge in [0.1, 0.15) is 0 Å². The maximum absolute atomic E-state index is 12.1. The number of halogens is 1. The number of nitrogens with one attached hydrogen (secondary N) is 2. The molecule has 0 radical (unpaired) electrons. The second-order valence-electron chi connectivity index (χ2n) is 4.83. The Morgan fingerprint density at radius 1 is 1.26 bits per heavy atom. The Hall–Kier alpha value is -1.06. The van der Waals surface area contributed by atoms with Crippen LogP contribution in [0, 0.1) is 0 Å². The Morgan fingerprint density at radius 2 is 2.05 bits per heavy atom. The maximum atomic E-state index is 12.1. The van der Waals surface area contributed by atoms with Crippen LogP contribution < -0.4 is 10.6 Å². The van der Waals surface area contributed by atoms with Gasteiger partial charge in [0.2, 0.25) is 5.91 Å². The van der Waals surface area contributed by atoms with Crippen LogP contribution in [0.5, 0.6) is 0 Å². The standard InChI is InChI=1S/C15H22N2O.ClH/c1-2-9-16-10-11-17-15(18)14-8-7-12-5-3-4-6-13(12)14;/h3-6,14,16H,2,7-11H2,1H3,(H,17,18);1H. The number of hydrogen-bond donors (Lipinski definition) is 2. The lowest BCUT2D eigenvalue weighted by Crippen LogP contribution is -2.34. The SMILES string of the molecule is CCCNCCNC(=O)C1CCc2ccccc21.Cl. The molecule has 1 aliphatic rings. The number of rotatable bonds is 6. The molecule has 3 nitrogen and oxygen atoms in total. The van der Waals surface area contributed by atoms with Gasteiger partial charge in [-0.2, -0.15) is 0 Å². The Balaban J connectivity index is 0.00000180. The predicted molar refractivity (Wildman–Crippen MR) is 80.9 cm³/mol. The van der Waals surface area contributed by atoms with Crippen LogP contribution in [-0.4, -0.2) is 25.5 Å². The van der Waals surface area contributed by atoms with Crippen LogP contribution in [0.15, 0.2) is 24.3 Å². The summed E-state index contributed by atoms with van der Waals surface area (Å²) in [7, 11) is 0. The van der Waals surface area contributed by atoms with E-state index in [-0.39, 0.29) is 24.2 Å². The molecule has 1 aliphatic carbocycles. The number of fused-ring (bicyclic) bond motifs is 1. The third-order valence-corrected chi connectivity index (χ3v) is 3.48. The molecule has 1 unspecified atom stereocenters. The number of aryl methyl sites for hydroxylation is 1. The van der Waals surface area contributed by atoms with Crippen molar-refractivity contribution in [2.45, 2.75) is 32.1 Å². The van der Waals surface area contributed by atoms with Crippen LogP contribution in [0.25, 0.3) is 0 Å². The summed E-state index contributed by atoms with van der Waals surface area (Å²) < 4.78 is 0. The Labute approximate surface area is 121 Å². The fourth-order valence-electron chi connectivity index (χ4n) is 2.53. The van der Waals surface area contributed by atoms with E-state index in [2.05, 4.69) is 29.7 Å². The highest BCUT2D eigenvalue weighted by molar-refractivity contribution is 5.85. The molecule has 1 atom stereocenters. The van der Waals surface area contributed by atoms with Crippen LogP contribution in [0.4, 0.5) is 0 Å². The molecule has 0 spiro atoms. The molecule has 19 heavy (non-hydrogen) atoms. The van der Waals surface area contributed by atoms with Crippen molar-refractivity contribution in [3.05, 3.63) is 35.4 Å². The van der Waals surface area contributed by atoms with Gasteiger partial charge in [-0.3, -0.25) is 4.79 Å². The van der Waals surface area contributed by atoms with E-state index in [9.17, 15) is 4.79 Å². The van der Waals surface area contributed by atoms with Crippen LogP contribution in [0.3, 0.4) is 0 Å². The Morgan fingerprint density at radius 3 is 2.84 bits per heavy atom. The number of benzene rings is 1. The smallest absolute Gasteiger partial charge is 0.227 e. The van der Waals surface area contributed by atoms with E-state index in [0.717, 1.165) is 38.9 Å². The van der Waals surface area contributed by atoms with E-state index < -0.39 is 0 Å². The summed E-state index contributed by atoms with van der Waals surface area (Å²) in [5, 5.41) is 6.31. The molecule has 2 N–H and O–H groups in total. The Kier molecular flexibility index (Phi) is 6.89. The second kappa shape index (κ2) is 8.18. The summed E-state index contributed by atoms with van der Waals surface area (Å²) in [4.78, 5) is 12.1. The third kappa shape index (κ3) is 4.22. The highest BCUT2D eigenvalue weighted by atomic mass is 35.5. The van der Waals surface area contributed by atoms with Gasteiger partial charge in [0.15, 0.2) is 0 Å². The van der Waals surface area contributed by atoms with Gasteiger partial charge in [-0.15, -0.1) is 12.4 Å². The van der Waals surface area contributed by atoms with Crippen molar-refractivity contribution in [2.75, 3.05) is 19.6 Å². The summed E-state index contributed by atoms with van der Waals surface area (Å²) in [5.41, 5.74) is 2.55. The molecule has 2 rings (SSSR count). The van der Waals surface area contributed by atoms with Crippen molar-refractivity contribution >= 4 is 18.3 Å². The van der Waals surface area contributed by atoms with Gasteiger partial charge < -0.3 is 10.6 Å². The first-order valence-corrected chi connectivity index (χ1v) is 6.89. The molecule has 1 aromatic carbocycles. The van der Waals surface area contributed by atoms with E-state index >= 15 is 0 Å². The van der Waals surface area contributed by atoms with Crippen molar-refractivity contribution in [3.8, 4) is 0 Å². The summed E-state index contributed by atoms with van der Waals surface area (Å²) in [5.74, 6) is 0.241. The number of amides is 1. The van der Waals surface area contributed by atoms with Crippen molar-refractivity contribution in [1.82, 2.24) is 10.6 Å². The Bertz CT molecular complexity index is 409. The molecule has 0 aliphatic heterocycles. The van der Waals surface area contributed by atoms with E-state index in [0.29, 0.717) is 0 Å². The minimum Gasteiger partial charge on any atom is -0.354 e. The average Bonchev–Trinajstić information content (AvgIpc) is 2.82. The van der Waals surface area contributed by atoms with Gasteiger partial charge in [-0.1, -0.05) is 31.2 Å². The molecule has 1 aromatic rings. The van der Waals surface area contributed by atoms with Crippen molar-refractivity contribution in [2.24, 2.45) is 0 Å².